The van der Waals surface area contributed by atoms with Crippen LogP contribution < -0.4 is 5.32 Å². The van der Waals surface area contributed by atoms with Crippen molar-refractivity contribution in [3.63, 3.8) is 0 Å². The number of hydrogen-bond acceptors (Lipinski definition) is 3. The highest BCUT2D eigenvalue weighted by Crippen LogP contribution is 2.17. The molecule has 0 bridgehead atoms. The summed E-state index contributed by atoms with van der Waals surface area (Å²) in [5, 5.41) is 11.9. The van der Waals surface area contributed by atoms with Crippen molar-refractivity contribution in [1.29, 1.82) is 0 Å². The van der Waals surface area contributed by atoms with E-state index in [1.165, 1.54) is 24.3 Å². The van der Waals surface area contributed by atoms with Crippen molar-refractivity contribution in [3.8, 4) is 0 Å². The van der Waals surface area contributed by atoms with E-state index in [1.54, 1.807) is 0 Å². The summed E-state index contributed by atoms with van der Waals surface area (Å²) >= 11 is 0. The van der Waals surface area contributed by atoms with Gasteiger partial charge < -0.3 is 15.2 Å². The summed E-state index contributed by atoms with van der Waals surface area (Å²) in [6.07, 6.45) is 1.58. The number of hydrogen-bond donors (Lipinski definition) is 2. The van der Waals surface area contributed by atoms with Crippen LogP contribution in [0.15, 0.2) is 24.3 Å². The van der Waals surface area contributed by atoms with E-state index in [4.69, 9.17) is 4.74 Å². The highest BCUT2D eigenvalue weighted by Gasteiger charge is 2.25. The standard InChI is InChI=1S/C15H18FNO4/c16-12-5-3-10(4-6-12)13(15(19)20)8-17-14(18)11-2-1-7-21-9-11/h3-6,11,13H,1-2,7-9H2,(H,17,18)(H,19,20). The van der Waals surface area contributed by atoms with Crippen LogP contribution in [0.5, 0.6) is 0 Å². The first kappa shape index (κ1) is 15.4. The fourth-order valence-electron chi connectivity index (χ4n) is 2.34. The molecule has 1 heterocycles. The van der Waals surface area contributed by atoms with Crippen LogP contribution in [-0.2, 0) is 14.3 Å². The molecule has 0 radical (unpaired) electrons. The molecule has 0 aliphatic carbocycles. The lowest BCUT2D eigenvalue weighted by molar-refractivity contribution is -0.139. The molecule has 6 heteroatoms. The number of benzene rings is 1. The number of nitrogens with one attached hydrogen (secondary N) is 1. The Balaban J connectivity index is 1.95. The Morgan fingerprint density at radius 3 is 2.67 bits per heavy atom. The minimum atomic E-state index is -1.05. The highest BCUT2D eigenvalue weighted by atomic mass is 19.1. The molecule has 1 amide bonds. The SMILES string of the molecule is O=C(NCC(C(=O)O)c1ccc(F)cc1)C1CCCOC1. The van der Waals surface area contributed by atoms with Crippen molar-refractivity contribution in [2.24, 2.45) is 5.92 Å². The molecular weight excluding hydrogens is 277 g/mol. The lowest BCUT2D eigenvalue weighted by atomic mass is 9.97. The first-order chi connectivity index (χ1) is 10.1. The molecule has 21 heavy (non-hydrogen) atoms. The largest absolute Gasteiger partial charge is 0.481 e. The quantitative estimate of drug-likeness (QED) is 0.864. The average molecular weight is 295 g/mol. The number of rotatable bonds is 5. The van der Waals surface area contributed by atoms with E-state index in [1.807, 2.05) is 0 Å². The van der Waals surface area contributed by atoms with E-state index in [0.29, 0.717) is 18.8 Å². The molecule has 2 N–H and O–H groups in total. The van der Waals surface area contributed by atoms with E-state index in [-0.39, 0.29) is 18.4 Å². The zero-order chi connectivity index (χ0) is 15.2. The summed E-state index contributed by atoms with van der Waals surface area (Å²) in [5.41, 5.74) is 0.462. The van der Waals surface area contributed by atoms with Gasteiger partial charge >= 0.3 is 5.97 Å². The molecule has 2 unspecified atom stereocenters. The molecule has 1 aromatic rings. The Kier molecular flexibility index (Phi) is 5.27. The molecule has 0 spiro atoms. The zero-order valence-electron chi connectivity index (χ0n) is 11.5. The Labute approximate surface area is 122 Å². The Hall–Kier alpha value is -1.95. The lowest BCUT2D eigenvalue weighted by Gasteiger charge is -2.22. The van der Waals surface area contributed by atoms with Crippen molar-refractivity contribution >= 4 is 11.9 Å². The Morgan fingerprint density at radius 2 is 2.10 bits per heavy atom. The van der Waals surface area contributed by atoms with Gasteiger partial charge in [-0.25, -0.2) is 4.39 Å². The van der Waals surface area contributed by atoms with E-state index in [2.05, 4.69) is 5.32 Å². The molecule has 0 aromatic heterocycles. The van der Waals surface area contributed by atoms with Gasteiger partial charge in [-0.15, -0.1) is 0 Å². The molecule has 1 saturated heterocycles. The number of halogens is 1. The summed E-state index contributed by atoms with van der Waals surface area (Å²) in [6, 6.07) is 5.26. The summed E-state index contributed by atoms with van der Waals surface area (Å²) < 4.78 is 18.1. The second-order valence-corrected chi connectivity index (χ2v) is 5.10. The number of aliphatic carboxylic acids is 1. The van der Waals surface area contributed by atoms with Crippen LogP contribution in [0.1, 0.15) is 24.3 Å². The monoisotopic (exact) mass is 295 g/mol. The maximum Gasteiger partial charge on any atom is 0.312 e. The van der Waals surface area contributed by atoms with Crippen LogP contribution in [0.2, 0.25) is 0 Å². The van der Waals surface area contributed by atoms with Gasteiger partial charge in [-0.3, -0.25) is 9.59 Å². The van der Waals surface area contributed by atoms with Gasteiger partial charge in [-0.2, -0.15) is 0 Å². The fourth-order valence-corrected chi connectivity index (χ4v) is 2.34. The second kappa shape index (κ2) is 7.17. The molecule has 114 valence electrons. The lowest BCUT2D eigenvalue weighted by Crippen LogP contribution is -2.38. The number of carboxylic acid groups (broad SMARTS) is 1. The maximum absolute atomic E-state index is 12.9. The number of carboxylic acids is 1. The van der Waals surface area contributed by atoms with E-state index >= 15 is 0 Å². The minimum absolute atomic E-state index is 0.0176. The summed E-state index contributed by atoms with van der Waals surface area (Å²) in [7, 11) is 0. The van der Waals surface area contributed by atoms with E-state index in [9.17, 15) is 19.1 Å². The second-order valence-electron chi connectivity index (χ2n) is 5.10. The summed E-state index contributed by atoms with van der Waals surface area (Å²) in [5.74, 6) is -2.78. The molecule has 1 aliphatic rings. The van der Waals surface area contributed by atoms with Crippen LogP contribution in [0.3, 0.4) is 0 Å². The third kappa shape index (κ3) is 4.26. The van der Waals surface area contributed by atoms with Crippen molar-refractivity contribution in [2.75, 3.05) is 19.8 Å². The number of amides is 1. The van der Waals surface area contributed by atoms with Gasteiger partial charge in [-0.05, 0) is 30.5 Å². The zero-order valence-corrected chi connectivity index (χ0v) is 11.5. The smallest absolute Gasteiger partial charge is 0.312 e. The minimum Gasteiger partial charge on any atom is -0.481 e. The van der Waals surface area contributed by atoms with Gasteiger partial charge in [0.25, 0.3) is 0 Å². The third-order valence-corrected chi connectivity index (χ3v) is 3.58. The van der Waals surface area contributed by atoms with Crippen molar-refractivity contribution in [2.45, 2.75) is 18.8 Å². The maximum atomic E-state index is 12.9. The molecule has 1 fully saturated rings. The molecule has 2 rings (SSSR count). The molecule has 1 aliphatic heterocycles. The molecule has 2 atom stereocenters. The van der Waals surface area contributed by atoms with Gasteiger partial charge in [0, 0.05) is 13.2 Å². The Bertz CT molecular complexity index is 497. The van der Waals surface area contributed by atoms with Crippen molar-refractivity contribution in [3.05, 3.63) is 35.6 Å². The summed E-state index contributed by atoms with van der Waals surface area (Å²) in [6.45, 7) is 1.02. The molecular formula is C15H18FNO4. The van der Waals surface area contributed by atoms with Gasteiger partial charge in [0.15, 0.2) is 0 Å². The average Bonchev–Trinajstić information content (AvgIpc) is 2.49. The van der Waals surface area contributed by atoms with Crippen molar-refractivity contribution < 1.29 is 23.8 Å². The van der Waals surface area contributed by atoms with Gasteiger partial charge in [0.05, 0.1) is 18.4 Å². The predicted octanol–water partition coefficient (Wildman–Crippen LogP) is 1.54. The highest BCUT2D eigenvalue weighted by molar-refractivity contribution is 5.81. The number of ether oxygens (including phenoxy) is 1. The first-order valence-electron chi connectivity index (χ1n) is 6.91. The van der Waals surface area contributed by atoms with E-state index in [0.717, 1.165) is 12.8 Å². The first-order valence-corrected chi connectivity index (χ1v) is 6.91. The van der Waals surface area contributed by atoms with Gasteiger partial charge in [-0.1, -0.05) is 12.1 Å². The van der Waals surface area contributed by atoms with Gasteiger partial charge in [0.1, 0.15) is 5.82 Å². The third-order valence-electron chi connectivity index (χ3n) is 3.58. The molecule has 1 aromatic carbocycles. The fraction of sp³-hybridized carbons (Fsp3) is 0.467. The normalized spacial score (nSPS) is 19.8. The van der Waals surface area contributed by atoms with Crippen LogP contribution in [0.4, 0.5) is 4.39 Å². The molecule has 5 nitrogen and oxygen atoms in total. The Morgan fingerprint density at radius 1 is 1.38 bits per heavy atom. The van der Waals surface area contributed by atoms with Crippen LogP contribution in [0.25, 0.3) is 0 Å². The number of carbonyl (C=O) groups is 2. The van der Waals surface area contributed by atoms with Crippen LogP contribution >= 0.6 is 0 Å². The van der Waals surface area contributed by atoms with Crippen LogP contribution in [0, 0.1) is 11.7 Å². The van der Waals surface area contributed by atoms with Crippen molar-refractivity contribution in [1.82, 2.24) is 5.32 Å². The predicted molar refractivity (Wildman–Crippen MR) is 73.3 cm³/mol. The number of carbonyl (C=O) groups excluding carboxylic acids is 1. The topological polar surface area (TPSA) is 75.6 Å². The summed E-state index contributed by atoms with van der Waals surface area (Å²) in [4.78, 5) is 23.3. The van der Waals surface area contributed by atoms with Crippen LogP contribution in [-0.4, -0.2) is 36.7 Å². The molecule has 0 saturated carbocycles. The van der Waals surface area contributed by atoms with E-state index < -0.39 is 17.7 Å². The van der Waals surface area contributed by atoms with Gasteiger partial charge in [0.2, 0.25) is 5.91 Å².